The molecule has 0 amide bonds. The number of rotatable bonds is 5. The van der Waals surface area contributed by atoms with Gasteiger partial charge in [0.25, 0.3) is 0 Å². The number of nitrogens with zero attached hydrogens (tertiary/aromatic N) is 3. The number of benzene rings is 2. The van der Waals surface area contributed by atoms with Crippen LogP contribution in [0.2, 0.25) is 5.02 Å². The maximum Gasteiger partial charge on any atom is 0.211 e. The molecule has 3 aromatic rings. The lowest BCUT2D eigenvalue weighted by Crippen LogP contribution is -2.15. The van der Waals surface area contributed by atoms with E-state index in [4.69, 9.17) is 11.6 Å². The molecule has 0 N–H and O–H groups in total. The third-order valence-electron chi connectivity index (χ3n) is 3.73. The molecule has 0 bridgehead atoms. The van der Waals surface area contributed by atoms with Gasteiger partial charge in [-0.05, 0) is 30.2 Å². The van der Waals surface area contributed by atoms with Gasteiger partial charge in [0.2, 0.25) is 4.80 Å². The van der Waals surface area contributed by atoms with E-state index in [1.165, 1.54) is 0 Å². The molecule has 5 heteroatoms. The van der Waals surface area contributed by atoms with Crippen LogP contribution in [0.25, 0.3) is 11.3 Å². The molecule has 2 aromatic carbocycles. The van der Waals surface area contributed by atoms with Gasteiger partial charge in [0.1, 0.15) is 0 Å². The van der Waals surface area contributed by atoms with Crippen LogP contribution in [0, 0.1) is 0 Å². The summed E-state index contributed by atoms with van der Waals surface area (Å²) in [6.45, 7) is 6.48. The number of hydrogen-bond acceptors (Lipinski definition) is 3. The van der Waals surface area contributed by atoms with E-state index in [1.54, 1.807) is 11.3 Å². The van der Waals surface area contributed by atoms with Crippen LogP contribution in [0.15, 0.2) is 82.8 Å². The van der Waals surface area contributed by atoms with Crippen LogP contribution in [0.5, 0.6) is 0 Å². The molecular formula is C20H18ClN3S. The van der Waals surface area contributed by atoms with Crippen molar-refractivity contribution < 1.29 is 0 Å². The summed E-state index contributed by atoms with van der Waals surface area (Å²) < 4.78 is 2.10. The Morgan fingerprint density at radius 1 is 1.16 bits per heavy atom. The fourth-order valence-electron chi connectivity index (χ4n) is 2.42. The van der Waals surface area contributed by atoms with Crippen molar-refractivity contribution in [3.63, 3.8) is 0 Å². The van der Waals surface area contributed by atoms with Crippen molar-refractivity contribution in [2.75, 3.05) is 0 Å². The maximum absolute atomic E-state index is 5.99. The summed E-state index contributed by atoms with van der Waals surface area (Å²) in [5.41, 5.74) is 4.11. The number of halogens is 1. The van der Waals surface area contributed by atoms with Crippen LogP contribution in [0.1, 0.15) is 12.5 Å². The van der Waals surface area contributed by atoms with Gasteiger partial charge in [-0.15, -0.1) is 23.0 Å². The van der Waals surface area contributed by atoms with Gasteiger partial charge in [0, 0.05) is 16.9 Å². The molecule has 126 valence electrons. The van der Waals surface area contributed by atoms with Crippen LogP contribution in [0.3, 0.4) is 0 Å². The molecule has 0 aliphatic rings. The normalized spacial score (nSPS) is 12.4. The van der Waals surface area contributed by atoms with E-state index in [0.717, 1.165) is 32.4 Å². The molecule has 0 radical (unpaired) electrons. The van der Waals surface area contributed by atoms with Crippen LogP contribution < -0.4 is 4.80 Å². The summed E-state index contributed by atoms with van der Waals surface area (Å²) in [5.74, 6) is 0. The summed E-state index contributed by atoms with van der Waals surface area (Å²) in [6.07, 6.45) is 1.86. The summed E-state index contributed by atoms with van der Waals surface area (Å²) in [7, 11) is 0. The number of thiazole rings is 1. The lowest BCUT2D eigenvalue weighted by atomic mass is 10.1. The Morgan fingerprint density at radius 3 is 2.56 bits per heavy atom. The van der Waals surface area contributed by atoms with Crippen molar-refractivity contribution in [2.45, 2.75) is 13.5 Å². The standard InChI is InChI=1S/C20H18ClN3S/c1-3-13-24-19(17-9-11-18(21)12-10-17)14-25-20(24)23-22-15(2)16-7-5-4-6-8-16/h3-12,14H,1,13H2,2H3/b22-15-,23-20-. The first-order valence-corrected chi connectivity index (χ1v) is 9.13. The van der Waals surface area contributed by atoms with Crippen LogP contribution in [0.4, 0.5) is 0 Å². The molecule has 0 unspecified atom stereocenters. The van der Waals surface area contributed by atoms with Gasteiger partial charge in [0.05, 0.1) is 11.4 Å². The average Bonchev–Trinajstić information content (AvgIpc) is 3.04. The van der Waals surface area contributed by atoms with E-state index >= 15 is 0 Å². The number of aromatic nitrogens is 1. The summed E-state index contributed by atoms with van der Waals surface area (Å²) in [6, 6.07) is 17.8. The molecule has 0 atom stereocenters. The second-order valence-corrected chi connectivity index (χ2v) is 6.73. The fraction of sp³-hybridized carbons (Fsp3) is 0.100. The zero-order valence-electron chi connectivity index (χ0n) is 13.9. The molecule has 0 spiro atoms. The van der Waals surface area contributed by atoms with Crippen LogP contribution in [-0.2, 0) is 6.54 Å². The Hall–Kier alpha value is -2.43. The fourth-order valence-corrected chi connectivity index (χ4v) is 3.42. The third-order valence-corrected chi connectivity index (χ3v) is 4.83. The van der Waals surface area contributed by atoms with E-state index in [2.05, 4.69) is 26.7 Å². The first kappa shape index (κ1) is 17.4. The predicted molar refractivity (Wildman–Crippen MR) is 107 cm³/mol. The second kappa shape index (κ2) is 8.10. The highest BCUT2D eigenvalue weighted by molar-refractivity contribution is 7.07. The molecule has 1 heterocycles. The molecular weight excluding hydrogens is 350 g/mol. The zero-order valence-corrected chi connectivity index (χ0v) is 15.5. The molecule has 25 heavy (non-hydrogen) atoms. The van der Waals surface area contributed by atoms with E-state index in [-0.39, 0.29) is 0 Å². The van der Waals surface area contributed by atoms with Crippen molar-refractivity contribution in [2.24, 2.45) is 10.2 Å². The minimum absolute atomic E-state index is 0.667. The Labute approximate surface area is 156 Å². The molecule has 0 aliphatic heterocycles. The Balaban J connectivity index is 2.02. The SMILES string of the molecule is C=CCn1c(-c2ccc(Cl)cc2)cs/c1=N\N=C(\C)c1ccccc1. The molecule has 0 saturated carbocycles. The molecule has 0 aliphatic carbocycles. The van der Waals surface area contributed by atoms with Gasteiger partial charge in [-0.25, -0.2) is 0 Å². The maximum atomic E-state index is 5.99. The highest BCUT2D eigenvalue weighted by Crippen LogP contribution is 2.22. The monoisotopic (exact) mass is 367 g/mol. The van der Waals surface area contributed by atoms with Crippen molar-refractivity contribution in [1.82, 2.24) is 4.57 Å². The highest BCUT2D eigenvalue weighted by Gasteiger charge is 2.07. The third kappa shape index (κ3) is 4.16. The Bertz CT molecular complexity index is 951. The van der Waals surface area contributed by atoms with Gasteiger partial charge < -0.3 is 4.57 Å². The first-order valence-electron chi connectivity index (χ1n) is 7.88. The molecule has 3 nitrogen and oxygen atoms in total. The quantitative estimate of drug-likeness (QED) is 0.329. The van der Waals surface area contributed by atoms with Crippen LogP contribution >= 0.6 is 22.9 Å². The second-order valence-electron chi connectivity index (χ2n) is 5.46. The molecule has 1 aromatic heterocycles. The van der Waals surface area contributed by atoms with Crippen molar-refractivity contribution in [3.05, 3.63) is 88.0 Å². The van der Waals surface area contributed by atoms with Crippen molar-refractivity contribution >= 4 is 28.6 Å². The van der Waals surface area contributed by atoms with Gasteiger partial charge in [-0.3, -0.25) is 0 Å². The summed E-state index contributed by atoms with van der Waals surface area (Å²) in [5, 5.41) is 11.7. The topological polar surface area (TPSA) is 29.6 Å². The van der Waals surface area contributed by atoms with E-state index < -0.39 is 0 Å². The van der Waals surface area contributed by atoms with Gasteiger partial charge >= 0.3 is 0 Å². The lowest BCUT2D eigenvalue weighted by molar-refractivity contribution is 0.788. The Kier molecular flexibility index (Phi) is 5.64. The summed E-state index contributed by atoms with van der Waals surface area (Å²) >= 11 is 7.55. The Morgan fingerprint density at radius 2 is 1.88 bits per heavy atom. The largest absolute Gasteiger partial charge is 0.311 e. The van der Waals surface area contributed by atoms with Crippen LogP contribution in [-0.4, -0.2) is 10.3 Å². The number of hydrogen-bond donors (Lipinski definition) is 0. The van der Waals surface area contributed by atoms with E-state index in [9.17, 15) is 0 Å². The first-order chi connectivity index (χ1) is 12.2. The molecule has 0 fully saturated rings. The van der Waals surface area contributed by atoms with Gasteiger partial charge in [-0.1, -0.05) is 60.1 Å². The minimum Gasteiger partial charge on any atom is -0.311 e. The highest BCUT2D eigenvalue weighted by atomic mass is 35.5. The summed E-state index contributed by atoms with van der Waals surface area (Å²) in [4.78, 5) is 0.833. The average molecular weight is 368 g/mol. The zero-order chi connectivity index (χ0) is 17.6. The van der Waals surface area contributed by atoms with Crippen molar-refractivity contribution in [3.8, 4) is 11.3 Å². The molecule has 0 saturated heterocycles. The van der Waals surface area contributed by atoms with E-state index in [0.29, 0.717) is 6.54 Å². The molecule has 3 rings (SSSR count). The lowest BCUT2D eigenvalue weighted by Gasteiger charge is -2.06. The smallest absolute Gasteiger partial charge is 0.211 e. The van der Waals surface area contributed by atoms with Crippen molar-refractivity contribution in [1.29, 1.82) is 0 Å². The van der Waals surface area contributed by atoms with Gasteiger partial charge in [0.15, 0.2) is 0 Å². The minimum atomic E-state index is 0.667. The number of allylic oxidation sites excluding steroid dienone is 1. The van der Waals surface area contributed by atoms with E-state index in [1.807, 2.05) is 67.6 Å². The predicted octanol–water partition coefficient (Wildman–Crippen LogP) is 5.38. The van der Waals surface area contributed by atoms with Gasteiger partial charge in [-0.2, -0.15) is 5.10 Å².